The molecule has 0 aromatic carbocycles. The van der Waals surface area contributed by atoms with Gasteiger partial charge >= 0.3 is 10.4 Å². The second-order valence-corrected chi connectivity index (χ2v) is 5.75. The predicted octanol–water partition coefficient (Wildman–Crippen LogP) is 3.18. The lowest BCUT2D eigenvalue weighted by molar-refractivity contribution is 0.381. The van der Waals surface area contributed by atoms with Crippen molar-refractivity contribution in [2.24, 2.45) is 11.5 Å². The number of rotatable bonds is 10. The van der Waals surface area contributed by atoms with Crippen LogP contribution in [0, 0.1) is 0 Å². The monoisotopic (exact) mass is 328 g/mol. The van der Waals surface area contributed by atoms with E-state index in [4.69, 9.17) is 29.0 Å². The van der Waals surface area contributed by atoms with E-state index in [-0.39, 0.29) is 0 Å². The average molecular weight is 329 g/mol. The van der Waals surface area contributed by atoms with Gasteiger partial charge in [-0.1, -0.05) is 65.2 Å². The molecule has 21 heavy (non-hydrogen) atoms. The zero-order valence-corrected chi connectivity index (χ0v) is 14.6. The number of hydrogen-bond donors (Lipinski definition) is 4. The van der Waals surface area contributed by atoms with Crippen LogP contribution < -0.4 is 11.5 Å². The minimum Gasteiger partial charge on any atom is -0.330 e. The van der Waals surface area contributed by atoms with E-state index in [1.165, 1.54) is 64.2 Å². The molecule has 132 valence electrons. The molecule has 0 atom stereocenters. The molecular formula is C14H36N2O4S. The Labute approximate surface area is 131 Å². The summed E-state index contributed by atoms with van der Waals surface area (Å²) >= 11 is 0. The van der Waals surface area contributed by atoms with Crippen LogP contribution in [0.25, 0.3) is 0 Å². The SMILES string of the molecule is CCCCCCCN.CCCCCCCN.O=S(=O)(O)O. The van der Waals surface area contributed by atoms with E-state index in [9.17, 15) is 0 Å². The van der Waals surface area contributed by atoms with Crippen molar-refractivity contribution in [2.45, 2.75) is 78.1 Å². The lowest BCUT2D eigenvalue weighted by atomic mass is 10.2. The molecule has 0 bridgehead atoms. The number of nitrogens with two attached hydrogens (primary N) is 2. The first kappa shape index (κ1) is 25.7. The van der Waals surface area contributed by atoms with Crippen LogP contribution in [0.15, 0.2) is 0 Å². The Morgan fingerprint density at radius 3 is 1.10 bits per heavy atom. The van der Waals surface area contributed by atoms with Crippen molar-refractivity contribution in [3.05, 3.63) is 0 Å². The first-order chi connectivity index (χ1) is 9.83. The standard InChI is InChI=1S/2C7H17N.H2O4S/c2*1-2-3-4-5-6-7-8;1-5(2,3)4/h2*2-8H2,1H3;(H2,1,2,3,4). The van der Waals surface area contributed by atoms with Gasteiger partial charge in [0.25, 0.3) is 0 Å². The van der Waals surface area contributed by atoms with Gasteiger partial charge in [-0.15, -0.1) is 0 Å². The van der Waals surface area contributed by atoms with Crippen molar-refractivity contribution in [3.8, 4) is 0 Å². The number of unbranched alkanes of at least 4 members (excludes halogenated alkanes) is 8. The molecule has 6 nitrogen and oxygen atoms in total. The molecule has 0 rings (SSSR count). The third-order valence-electron chi connectivity index (χ3n) is 2.62. The summed E-state index contributed by atoms with van der Waals surface area (Å²) in [6.07, 6.45) is 13.2. The van der Waals surface area contributed by atoms with Gasteiger partial charge in [-0.05, 0) is 25.9 Å². The number of hydrogen-bond acceptors (Lipinski definition) is 4. The minimum absolute atomic E-state index is 0.865. The van der Waals surface area contributed by atoms with Crippen LogP contribution >= 0.6 is 0 Å². The summed E-state index contributed by atoms with van der Waals surface area (Å²) in [6, 6.07) is 0. The van der Waals surface area contributed by atoms with E-state index >= 15 is 0 Å². The summed E-state index contributed by atoms with van der Waals surface area (Å²) in [4.78, 5) is 0. The van der Waals surface area contributed by atoms with E-state index in [0.29, 0.717) is 0 Å². The lowest BCUT2D eigenvalue weighted by Gasteiger charge is -1.93. The fraction of sp³-hybridized carbons (Fsp3) is 1.00. The zero-order valence-electron chi connectivity index (χ0n) is 13.8. The molecule has 6 N–H and O–H groups in total. The van der Waals surface area contributed by atoms with Crippen molar-refractivity contribution in [1.29, 1.82) is 0 Å². The molecule has 0 unspecified atom stereocenters. The van der Waals surface area contributed by atoms with Gasteiger partial charge in [0.2, 0.25) is 0 Å². The largest absolute Gasteiger partial charge is 0.394 e. The molecule has 7 heteroatoms. The fourth-order valence-electron chi connectivity index (χ4n) is 1.50. The van der Waals surface area contributed by atoms with Crippen molar-refractivity contribution in [2.75, 3.05) is 13.1 Å². The van der Waals surface area contributed by atoms with E-state index in [1.807, 2.05) is 0 Å². The van der Waals surface area contributed by atoms with Crippen LogP contribution in [0.4, 0.5) is 0 Å². The van der Waals surface area contributed by atoms with Crippen LogP contribution in [0.2, 0.25) is 0 Å². The average Bonchev–Trinajstić information content (AvgIpc) is 2.39. The van der Waals surface area contributed by atoms with Gasteiger partial charge in [0.05, 0.1) is 0 Å². The van der Waals surface area contributed by atoms with Crippen LogP contribution in [0.5, 0.6) is 0 Å². The Hall–Kier alpha value is -0.210. The Morgan fingerprint density at radius 2 is 0.905 bits per heavy atom. The molecule has 0 saturated carbocycles. The van der Waals surface area contributed by atoms with Gasteiger partial charge < -0.3 is 11.5 Å². The second-order valence-electron chi connectivity index (χ2n) is 4.85. The van der Waals surface area contributed by atoms with E-state index in [0.717, 1.165) is 13.1 Å². The van der Waals surface area contributed by atoms with Crippen LogP contribution in [-0.2, 0) is 10.4 Å². The molecule has 0 aliphatic carbocycles. The second kappa shape index (κ2) is 22.1. The van der Waals surface area contributed by atoms with Gasteiger partial charge in [-0.2, -0.15) is 8.42 Å². The molecule has 0 radical (unpaired) electrons. The normalized spacial score (nSPS) is 10.2. The molecule has 0 heterocycles. The maximum absolute atomic E-state index is 8.74. The topological polar surface area (TPSA) is 127 Å². The van der Waals surface area contributed by atoms with Crippen LogP contribution in [0.3, 0.4) is 0 Å². The van der Waals surface area contributed by atoms with Gasteiger partial charge in [0.15, 0.2) is 0 Å². The molecule has 0 aliphatic heterocycles. The van der Waals surface area contributed by atoms with Gasteiger partial charge in [-0.3, -0.25) is 9.11 Å². The van der Waals surface area contributed by atoms with Crippen LogP contribution in [-0.4, -0.2) is 30.6 Å². The third-order valence-corrected chi connectivity index (χ3v) is 2.62. The van der Waals surface area contributed by atoms with E-state index < -0.39 is 10.4 Å². The maximum Gasteiger partial charge on any atom is 0.394 e. The smallest absolute Gasteiger partial charge is 0.330 e. The highest BCUT2D eigenvalue weighted by molar-refractivity contribution is 7.79. The lowest BCUT2D eigenvalue weighted by Crippen LogP contribution is -1.97. The Balaban J connectivity index is -0.000000239. The Bertz CT molecular complexity index is 228. The van der Waals surface area contributed by atoms with E-state index in [1.54, 1.807) is 0 Å². The van der Waals surface area contributed by atoms with Crippen molar-refractivity contribution < 1.29 is 17.5 Å². The Morgan fingerprint density at radius 1 is 0.667 bits per heavy atom. The summed E-state index contributed by atoms with van der Waals surface area (Å²) in [5.74, 6) is 0. The summed E-state index contributed by atoms with van der Waals surface area (Å²) in [5.41, 5.74) is 10.6. The first-order valence-electron chi connectivity index (χ1n) is 7.93. The van der Waals surface area contributed by atoms with E-state index in [2.05, 4.69) is 13.8 Å². The highest BCUT2D eigenvalue weighted by Crippen LogP contribution is 2.00. The molecule has 0 amide bonds. The molecule has 0 spiro atoms. The predicted molar refractivity (Wildman–Crippen MR) is 89.8 cm³/mol. The maximum atomic E-state index is 8.74. The summed E-state index contributed by atoms with van der Waals surface area (Å²) in [7, 11) is -4.67. The molecule has 0 aromatic rings. The minimum atomic E-state index is -4.67. The molecule has 0 aliphatic rings. The highest BCUT2D eigenvalue weighted by atomic mass is 32.3. The Kier molecular flexibility index (Phi) is 27.0. The first-order valence-corrected chi connectivity index (χ1v) is 9.33. The molecule has 0 saturated heterocycles. The molecule has 0 fully saturated rings. The fourth-order valence-corrected chi connectivity index (χ4v) is 1.50. The molecule has 0 aromatic heterocycles. The highest BCUT2D eigenvalue weighted by Gasteiger charge is 1.85. The zero-order chi connectivity index (χ0) is 17.0. The van der Waals surface area contributed by atoms with Crippen molar-refractivity contribution in [1.82, 2.24) is 0 Å². The van der Waals surface area contributed by atoms with Crippen molar-refractivity contribution in [3.63, 3.8) is 0 Å². The van der Waals surface area contributed by atoms with Gasteiger partial charge in [-0.25, -0.2) is 0 Å². The summed E-state index contributed by atoms with van der Waals surface area (Å²) < 4.78 is 31.6. The van der Waals surface area contributed by atoms with Crippen LogP contribution in [0.1, 0.15) is 78.1 Å². The third kappa shape index (κ3) is 65.3. The summed E-state index contributed by atoms with van der Waals surface area (Å²) in [5, 5.41) is 0. The van der Waals surface area contributed by atoms with Gasteiger partial charge in [0.1, 0.15) is 0 Å². The quantitative estimate of drug-likeness (QED) is 0.360. The molecular weight excluding hydrogens is 292 g/mol. The summed E-state index contributed by atoms with van der Waals surface area (Å²) in [6.45, 7) is 6.18. The van der Waals surface area contributed by atoms with Gasteiger partial charge in [0, 0.05) is 0 Å². The van der Waals surface area contributed by atoms with Crippen molar-refractivity contribution >= 4 is 10.4 Å².